The number of aromatic nitrogens is 2. The van der Waals surface area contributed by atoms with Gasteiger partial charge in [-0.05, 0) is 25.0 Å². The topological polar surface area (TPSA) is 63.8 Å². The van der Waals surface area contributed by atoms with Crippen LogP contribution in [0.1, 0.15) is 19.3 Å². The highest BCUT2D eigenvalue weighted by Gasteiger charge is 2.25. The molecule has 0 aliphatic heterocycles. The van der Waals surface area contributed by atoms with Crippen molar-refractivity contribution >= 4 is 22.7 Å². The van der Waals surface area contributed by atoms with Gasteiger partial charge in [0.15, 0.2) is 0 Å². The fraction of sp³-hybridized carbons (Fsp3) is 0.385. The molecular weight excluding hydrogens is 269 g/mol. The number of nitrogen functional groups attached to an aromatic ring is 1. The average Bonchev–Trinajstić information content (AvgIpc) is 2.36. The number of halogens is 3. The summed E-state index contributed by atoms with van der Waals surface area (Å²) < 4.78 is 36.0. The highest BCUT2D eigenvalue weighted by Crippen LogP contribution is 2.23. The molecule has 0 fully saturated rings. The summed E-state index contributed by atoms with van der Waals surface area (Å²) in [4.78, 5) is 8.17. The van der Waals surface area contributed by atoms with E-state index in [1.165, 1.54) is 0 Å². The highest BCUT2D eigenvalue weighted by atomic mass is 19.4. The standard InChI is InChI=1S/C13H15F3N4/c14-13(15,16)7-3-4-8-18-11-9-5-1-2-6-10(9)19-12(17)20-11/h1-2,5-6H,3-4,7-8H2,(H3,17,18,19,20). The molecule has 1 aromatic heterocycles. The van der Waals surface area contributed by atoms with Crippen molar-refractivity contribution in [2.24, 2.45) is 0 Å². The molecule has 108 valence electrons. The van der Waals surface area contributed by atoms with Crippen LogP contribution in [-0.2, 0) is 0 Å². The van der Waals surface area contributed by atoms with Crippen molar-refractivity contribution in [2.45, 2.75) is 25.4 Å². The van der Waals surface area contributed by atoms with Gasteiger partial charge in [0.05, 0.1) is 5.52 Å². The Morgan fingerprint density at radius 3 is 2.60 bits per heavy atom. The third-order valence-electron chi connectivity index (χ3n) is 2.80. The molecule has 0 spiro atoms. The monoisotopic (exact) mass is 284 g/mol. The van der Waals surface area contributed by atoms with Crippen molar-refractivity contribution in [3.63, 3.8) is 0 Å². The van der Waals surface area contributed by atoms with Gasteiger partial charge in [-0.15, -0.1) is 0 Å². The first-order chi connectivity index (χ1) is 9.46. The third kappa shape index (κ3) is 3.97. The van der Waals surface area contributed by atoms with Gasteiger partial charge in [0.2, 0.25) is 5.95 Å². The maximum absolute atomic E-state index is 12.0. The second-order valence-electron chi connectivity index (χ2n) is 4.45. The first-order valence-corrected chi connectivity index (χ1v) is 6.28. The number of hydrogen-bond donors (Lipinski definition) is 2. The summed E-state index contributed by atoms with van der Waals surface area (Å²) in [6.07, 6.45) is -4.35. The van der Waals surface area contributed by atoms with Crippen molar-refractivity contribution in [3.8, 4) is 0 Å². The molecule has 4 nitrogen and oxygen atoms in total. The van der Waals surface area contributed by atoms with Crippen molar-refractivity contribution in [1.82, 2.24) is 9.97 Å². The van der Waals surface area contributed by atoms with Crippen LogP contribution in [-0.4, -0.2) is 22.7 Å². The second kappa shape index (κ2) is 5.94. The summed E-state index contributed by atoms with van der Waals surface area (Å²) in [6.45, 7) is 0.413. The lowest BCUT2D eigenvalue weighted by molar-refractivity contribution is -0.135. The number of hydrogen-bond acceptors (Lipinski definition) is 4. The molecule has 1 aromatic carbocycles. The Balaban J connectivity index is 1.96. The fourth-order valence-electron chi connectivity index (χ4n) is 1.89. The van der Waals surface area contributed by atoms with Crippen LogP contribution < -0.4 is 11.1 Å². The normalized spacial score (nSPS) is 11.8. The van der Waals surface area contributed by atoms with E-state index in [9.17, 15) is 13.2 Å². The van der Waals surface area contributed by atoms with E-state index in [0.29, 0.717) is 24.3 Å². The summed E-state index contributed by atoms with van der Waals surface area (Å²) in [5.74, 6) is 0.696. The van der Waals surface area contributed by atoms with Gasteiger partial charge in [-0.25, -0.2) is 4.98 Å². The summed E-state index contributed by atoms with van der Waals surface area (Å²) in [6, 6.07) is 7.33. The number of nitrogens with zero attached hydrogens (tertiary/aromatic N) is 2. The number of benzene rings is 1. The summed E-state index contributed by atoms with van der Waals surface area (Å²) in [5, 5.41) is 3.82. The molecule has 0 radical (unpaired) electrons. The maximum Gasteiger partial charge on any atom is 0.389 e. The van der Waals surface area contributed by atoms with Crippen molar-refractivity contribution in [2.75, 3.05) is 17.6 Å². The lowest BCUT2D eigenvalue weighted by Gasteiger charge is -2.10. The molecule has 0 bridgehead atoms. The van der Waals surface area contributed by atoms with Crippen LogP contribution in [0.3, 0.4) is 0 Å². The van der Waals surface area contributed by atoms with E-state index in [-0.39, 0.29) is 12.4 Å². The van der Waals surface area contributed by atoms with Crippen LogP contribution in [0.4, 0.5) is 24.9 Å². The highest BCUT2D eigenvalue weighted by molar-refractivity contribution is 5.89. The Labute approximate surface area is 114 Å². The number of anilines is 2. The van der Waals surface area contributed by atoms with Crippen LogP contribution in [0.25, 0.3) is 10.9 Å². The molecule has 2 rings (SSSR count). The smallest absolute Gasteiger partial charge is 0.369 e. The number of unbranched alkanes of at least 4 members (excludes halogenated alkanes) is 1. The van der Waals surface area contributed by atoms with E-state index < -0.39 is 12.6 Å². The number of alkyl halides is 3. The molecular formula is C13H15F3N4. The number of nitrogens with one attached hydrogen (secondary N) is 1. The molecule has 3 N–H and O–H groups in total. The molecule has 0 unspecified atom stereocenters. The van der Waals surface area contributed by atoms with Crippen LogP contribution >= 0.6 is 0 Å². The van der Waals surface area contributed by atoms with Gasteiger partial charge >= 0.3 is 6.18 Å². The predicted molar refractivity (Wildman–Crippen MR) is 72.3 cm³/mol. The number of nitrogens with two attached hydrogens (primary N) is 1. The van der Waals surface area contributed by atoms with E-state index in [0.717, 1.165) is 5.39 Å². The van der Waals surface area contributed by atoms with Crippen molar-refractivity contribution in [1.29, 1.82) is 0 Å². The molecule has 2 aromatic rings. The fourth-order valence-corrected chi connectivity index (χ4v) is 1.89. The Morgan fingerprint density at radius 2 is 1.85 bits per heavy atom. The first-order valence-electron chi connectivity index (χ1n) is 6.28. The molecule has 0 atom stereocenters. The Bertz CT molecular complexity index is 583. The minimum absolute atomic E-state index is 0.0923. The maximum atomic E-state index is 12.0. The van der Waals surface area contributed by atoms with Gasteiger partial charge in [0.1, 0.15) is 5.82 Å². The number of fused-ring (bicyclic) bond motifs is 1. The molecule has 0 aliphatic carbocycles. The minimum Gasteiger partial charge on any atom is -0.369 e. The molecule has 0 amide bonds. The Morgan fingerprint density at radius 1 is 1.10 bits per heavy atom. The van der Waals surface area contributed by atoms with E-state index in [2.05, 4.69) is 15.3 Å². The largest absolute Gasteiger partial charge is 0.389 e. The van der Waals surface area contributed by atoms with Gasteiger partial charge < -0.3 is 11.1 Å². The average molecular weight is 284 g/mol. The zero-order chi connectivity index (χ0) is 14.6. The van der Waals surface area contributed by atoms with E-state index in [1.54, 1.807) is 0 Å². The van der Waals surface area contributed by atoms with Crippen LogP contribution in [0.5, 0.6) is 0 Å². The van der Waals surface area contributed by atoms with Gasteiger partial charge in [-0.2, -0.15) is 18.2 Å². The molecule has 0 saturated heterocycles. The van der Waals surface area contributed by atoms with Crippen LogP contribution in [0, 0.1) is 0 Å². The molecule has 7 heteroatoms. The Kier molecular flexibility index (Phi) is 4.26. The number of rotatable bonds is 5. The van der Waals surface area contributed by atoms with Gasteiger partial charge in [-0.1, -0.05) is 12.1 Å². The van der Waals surface area contributed by atoms with Crippen LogP contribution in [0.15, 0.2) is 24.3 Å². The summed E-state index contributed by atoms with van der Waals surface area (Å²) in [7, 11) is 0. The quantitative estimate of drug-likeness (QED) is 0.826. The summed E-state index contributed by atoms with van der Waals surface area (Å²) in [5.41, 5.74) is 6.31. The van der Waals surface area contributed by atoms with Gasteiger partial charge in [0, 0.05) is 18.4 Å². The SMILES string of the molecule is Nc1nc(NCCCCC(F)(F)F)c2ccccc2n1. The first kappa shape index (κ1) is 14.4. The summed E-state index contributed by atoms with van der Waals surface area (Å²) >= 11 is 0. The number of para-hydroxylation sites is 1. The van der Waals surface area contributed by atoms with Crippen molar-refractivity contribution in [3.05, 3.63) is 24.3 Å². The zero-order valence-electron chi connectivity index (χ0n) is 10.7. The second-order valence-corrected chi connectivity index (χ2v) is 4.45. The predicted octanol–water partition coefficient (Wildman–Crippen LogP) is 3.36. The van der Waals surface area contributed by atoms with Crippen LogP contribution in [0.2, 0.25) is 0 Å². The minimum atomic E-state index is -4.09. The lowest BCUT2D eigenvalue weighted by Crippen LogP contribution is -2.10. The van der Waals surface area contributed by atoms with E-state index in [1.807, 2.05) is 24.3 Å². The molecule has 0 aliphatic rings. The van der Waals surface area contributed by atoms with E-state index >= 15 is 0 Å². The lowest BCUT2D eigenvalue weighted by atomic mass is 10.2. The van der Waals surface area contributed by atoms with Crippen molar-refractivity contribution < 1.29 is 13.2 Å². The molecule has 20 heavy (non-hydrogen) atoms. The molecule has 0 saturated carbocycles. The van der Waals surface area contributed by atoms with Gasteiger partial charge in [-0.3, -0.25) is 0 Å². The van der Waals surface area contributed by atoms with Gasteiger partial charge in [0.25, 0.3) is 0 Å². The third-order valence-corrected chi connectivity index (χ3v) is 2.80. The Hall–Kier alpha value is -2.05. The zero-order valence-corrected chi connectivity index (χ0v) is 10.7. The molecule has 1 heterocycles. The van der Waals surface area contributed by atoms with E-state index in [4.69, 9.17) is 5.73 Å².